The van der Waals surface area contributed by atoms with Crippen LogP contribution in [0.4, 0.5) is 4.39 Å². The van der Waals surface area contributed by atoms with Crippen molar-refractivity contribution in [3.05, 3.63) is 71.0 Å². The molecule has 0 amide bonds. The summed E-state index contributed by atoms with van der Waals surface area (Å²) in [5.74, 6) is -0.182. The van der Waals surface area contributed by atoms with Gasteiger partial charge in [0.2, 0.25) is 0 Å². The Morgan fingerprint density at radius 2 is 1.68 bits per heavy atom. The molecule has 0 aliphatic carbocycles. The van der Waals surface area contributed by atoms with Gasteiger partial charge < -0.3 is 10.4 Å². The van der Waals surface area contributed by atoms with Crippen LogP contribution < -0.4 is 5.32 Å². The van der Waals surface area contributed by atoms with Gasteiger partial charge in [-0.15, -0.1) is 0 Å². The third-order valence-electron chi connectivity index (χ3n) is 3.19. The van der Waals surface area contributed by atoms with E-state index in [-0.39, 0.29) is 18.5 Å². The van der Waals surface area contributed by atoms with Gasteiger partial charge in [0.1, 0.15) is 5.82 Å². The van der Waals surface area contributed by atoms with E-state index in [4.69, 9.17) is 5.11 Å². The average molecular weight is 259 g/mol. The summed E-state index contributed by atoms with van der Waals surface area (Å²) in [6.45, 7) is 2.67. The highest BCUT2D eigenvalue weighted by molar-refractivity contribution is 5.23. The largest absolute Gasteiger partial charge is 0.392 e. The van der Waals surface area contributed by atoms with E-state index >= 15 is 0 Å². The highest BCUT2D eigenvalue weighted by Crippen LogP contribution is 2.16. The number of nitrogens with one attached hydrogen (secondary N) is 1. The molecule has 19 heavy (non-hydrogen) atoms. The van der Waals surface area contributed by atoms with Gasteiger partial charge in [0.05, 0.1) is 6.61 Å². The van der Waals surface area contributed by atoms with E-state index in [2.05, 4.69) is 5.32 Å². The lowest BCUT2D eigenvalue weighted by Gasteiger charge is -2.15. The standard InChI is InChI=1S/C16H18FNO/c1-12(15-4-2-3-5-16(15)17)18-10-13-6-8-14(11-19)9-7-13/h2-9,12,18-19H,10-11H2,1H3. The number of hydrogen-bond donors (Lipinski definition) is 2. The number of rotatable bonds is 5. The molecule has 0 bridgehead atoms. The zero-order valence-corrected chi connectivity index (χ0v) is 10.9. The van der Waals surface area contributed by atoms with Crippen molar-refractivity contribution in [3.63, 3.8) is 0 Å². The van der Waals surface area contributed by atoms with Crippen LogP contribution in [0.2, 0.25) is 0 Å². The van der Waals surface area contributed by atoms with Crippen molar-refractivity contribution in [3.8, 4) is 0 Å². The predicted molar refractivity (Wildman–Crippen MR) is 74.0 cm³/mol. The highest BCUT2D eigenvalue weighted by Gasteiger charge is 2.09. The van der Waals surface area contributed by atoms with Gasteiger partial charge in [-0.1, -0.05) is 42.5 Å². The lowest BCUT2D eigenvalue weighted by molar-refractivity contribution is 0.282. The third-order valence-corrected chi connectivity index (χ3v) is 3.19. The molecule has 1 unspecified atom stereocenters. The molecular formula is C16H18FNO. The molecule has 0 saturated heterocycles. The first-order chi connectivity index (χ1) is 9.20. The summed E-state index contributed by atoms with van der Waals surface area (Å²) in [5, 5.41) is 12.3. The molecule has 2 rings (SSSR count). The minimum Gasteiger partial charge on any atom is -0.392 e. The van der Waals surface area contributed by atoms with E-state index in [9.17, 15) is 4.39 Å². The lowest BCUT2D eigenvalue weighted by Crippen LogP contribution is -2.19. The maximum atomic E-state index is 13.6. The number of aliphatic hydroxyl groups is 1. The molecule has 0 spiro atoms. The molecule has 0 aliphatic heterocycles. The van der Waals surface area contributed by atoms with Crippen LogP contribution in [0.3, 0.4) is 0 Å². The summed E-state index contributed by atoms with van der Waals surface area (Å²) < 4.78 is 13.6. The molecule has 2 aromatic carbocycles. The van der Waals surface area contributed by atoms with Crippen molar-refractivity contribution < 1.29 is 9.50 Å². The molecular weight excluding hydrogens is 241 g/mol. The smallest absolute Gasteiger partial charge is 0.127 e. The summed E-state index contributed by atoms with van der Waals surface area (Å²) in [5.41, 5.74) is 2.68. The van der Waals surface area contributed by atoms with Crippen LogP contribution in [0.1, 0.15) is 29.7 Å². The number of benzene rings is 2. The Bertz CT molecular complexity index is 525. The quantitative estimate of drug-likeness (QED) is 0.864. The molecule has 100 valence electrons. The van der Waals surface area contributed by atoms with Gasteiger partial charge in [0.15, 0.2) is 0 Å². The molecule has 2 aromatic rings. The molecule has 2 nitrogen and oxygen atoms in total. The zero-order chi connectivity index (χ0) is 13.7. The highest BCUT2D eigenvalue weighted by atomic mass is 19.1. The molecule has 0 saturated carbocycles. The summed E-state index contributed by atoms with van der Waals surface area (Å²) in [6, 6.07) is 14.5. The lowest BCUT2D eigenvalue weighted by atomic mass is 10.1. The van der Waals surface area contributed by atoms with Crippen molar-refractivity contribution in [1.29, 1.82) is 0 Å². The monoisotopic (exact) mass is 259 g/mol. The normalized spacial score (nSPS) is 12.4. The molecule has 0 radical (unpaired) electrons. The first-order valence-electron chi connectivity index (χ1n) is 6.37. The van der Waals surface area contributed by atoms with E-state index in [0.29, 0.717) is 12.1 Å². The molecule has 3 heteroatoms. The Kier molecular flexibility index (Phi) is 4.66. The molecule has 1 atom stereocenters. The van der Waals surface area contributed by atoms with Crippen LogP contribution in [0.15, 0.2) is 48.5 Å². The van der Waals surface area contributed by atoms with E-state index in [1.807, 2.05) is 37.3 Å². The summed E-state index contributed by atoms with van der Waals surface area (Å²) in [7, 11) is 0. The van der Waals surface area contributed by atoms with Gasteiger partial charge in [-0.25, -0.2) is 4.39 Å². The first-order valence-corrected chi connectivity index (χ1v) is 6.37. The van der Waals surface area contributed by atoms with Gasteiger partial charge in [-0.3, -0.25) is 0 Å². The van der Waals surface area contributed by atoms with Crippen LogP contribution in [-0.4, -0.2) is 5.11 Å². The zero-order valence-electron chi connectivity index (χ0n) is 10.9. The predicted octanol–water partition coefficient (Wildman–Crippen LogP) is 3.17. The SMILES string of the molecule is CC(NCc1ccc(CO)cc1)c1ccccc1F. The Morgan fingerprint density at radius 1 is 1.05 bits per heavy atom. The van der Waals surface area contributed by atoms with Gasteiger partial charge in [0, 0.05) is 18.2 Å². The Hall–Kier alpha value is -1.71. The minimum absolute atomic E-state index is 0.0429. The molecule has 2 N–H and O–H groups in total. The third kappa shape index (κ3) is 3.63. The number of aliphatic hydroxyl groups excluding tert-OH is 1. The van der Waals surface area contributed by atoms with Crippen LogP contribution in [-0.2, 0) is 13.2 Å². The molecule has 0 fully saturated rings. The Labute approximate surface area is 112 Å². The first kappa shape index (κ1) is 13.7. The van der Waals surface area contributed by atoms with Crippen LogP contribution >= 0.6 is 0 Å². The minimum atomic E-state index is -0.182. The fourth-order valence-corrected chi connectivity index (χ4v) is 1.97. The van der Waals surface area contributed by atoms with Crippen LogP contribution in [0.25, 0.3) is 0 Å². The average Bonchev–Trinajstić information content (AvgIpc) is 2.46. The second-order valence-corrected chi connectivity index (χ2v) is 4.60. The molecule has 0 aliphatic rings. The summed E-state index contributed by atoms with van der Waals surface area (Å²) in [4.78, 5) is 0. The van der Waals surface area contributed by atoms with Gasteiger partial charge >= 0.3 is 0 Å². The fraction of sp³-hybridized carbons (Fsp3) is 0.250. The second-order valence-electron chi connectivity index (χ2n) is 4.60. The topological polar surface area (TPSA) is 32.3 Å². The van der Waals surface area contributed by atoms with E-state index < -0.39 is 0 Å². The van der Waals surface area contributed by atoms with Crippen molar-refractivity contribution in [2.24, 2.45) is 0 Å². The van der Waals surface area contributed by atoms with Crippen molar-refractivity contribution >= 4 is 0 Å². The Morgan fingerprint density at radius 3 is 2.32 bits per heavy atom. The van der Waals surface area contributed by atoms with Crippen LogP contribution in [0, 0.1) is 5.82 Å². The molecule has 0 aromatic heterocycles. The van der Waals surface area contributed by atoms with Gasteiger partial charge in [-0.05, 0) is 24.1 Å². The van der Waals surface area contributed by atoms with Crippen molar-refractivity contribution in [2.75, 3.05) is 0 Å². The maximum Gasteiger partial charge on any atom is 0.127 e. The van der Waals surface area contributed by atoms with E-state index in [1.54, 1.807) is 12.1 Å². The summed E-state index contributed by atoms with van der Waals surface area (Å²) in [6.07, 6.45) is 0. The van der Waals surface area contributed by atoms with Gasteiger partial charge in [0.25, 0.3) is 0 Å². The van der Waals surface area contributed by atoms with Crippen molar-refractivity contribution in [2.45, 2.75) is 26.1 Å². The Balaban J connectivity index is 1.96. The second kappa shape index (κ2) is 6.45. The van der Waals surface area contributed by atoms with Crippen LogP contribution in [0.5, 0.6) is 0 Å². The number of hydrogen-bond acceptors (Lipinski definition) is 2. The number of halogens is 1. The van der Waals surface area contributed by atoms with Crippen molar-refractivity contribution in [1.82, 2.24) is 5.32 Å². The van der Waals surface area contributed by atoms with Gasteiger partial charge in [-0.2, -0.15) is 0 Å². The van der Waals surface area contributed by atoms with E-state index in [0.717, 1.165) is 11.1 Å². The summed E-state index contributed by atoms with van der Waals surface area (Å²) >= 11 is 0. The fourth-order valence-electron chi connectivity index (χ4n) is 1.97. The maximum absolute atomic E-state index is 13.6. The van der Waals surface area contributed by atoms with E-state index in [1.165, 1.54) is 6.07 Å². The molecule has 0 heterocycles.